The second kappa shape index (κ2) is 9.49. The Hall–Kier alpha value is -3.95. The van der Waals surface area contributed by atoms with Gasteiger partial charge in [-0.1, -0.05) is 25.5 Å². The van der Waals surface area contributed by atoms with Crippen LogP contribution in [0.2, 0.25) is 0 Å². The fourth-order valence-corrected chi connectivity index (χ4v) is 5.36. The van der Waals surface area contributed by atoms with E-state index in [1.807, 2.05) is 43.9 Å². The third kappa shape index (κ3) is 4.10. The SMILES string of the molecule is CCC1Cc2c(nn(C)c2-c2cc(F)c(F)c(F)c2)C(CC)N1C(=O)c1cc(C)ccc1-n1cncn1. The van der Waals surface area contributed by atoms with E-state index in [0.29, 0.717) is 41.9 Å². The van der Waals surface area contributed by atoms with Gasteiger partial charge in [-0.3, -0.25) is 9.48 Å². The van der Waals surface area contributed by atoms with Gasteiger partial charge in [0, 0.05) is 24.2 Å². The lowest BCUT2D eigenvalue weighted by atomic mass is 9.87. The van der Waals surface area contributed by atoms with E-state index >= 15 is 0 Å². The number of rotatable bonds is 5. The van der Waals surface area contributed by atoms with E-state index in [2.05, 4.69) is 10.1 Å². The zero-order valence-corrected chi connectivity index (χ0v) is 21.0. The molecule has 3 heterocycles. The minimum atomic E-state index is -1.50. The van der Waals surface area contributed by atoms with Crippen LogP contribution in [0, 0.1) is 24.4 Å². The molecule has 7 nitrogen and oxygen atoms in total. The molecule has 0 spiro atoms. The first kappa shape index (κ1) is 24.7. The number of halogens is 3. The number of aryl methyl sites for hydroxylation is 2. The van der Waals surface area contributed by atoms with E-state index < -0.39 is 17.5 Å². The lowest BCUT2D eigenvalue weighted by Crippen LogP contribution is -2.47. The number of nitrogens with zero attached hydrogens (tertiary/aromatic N) is 6. The lowest BCUT2D eigenvalue weighted by Gasteiger charge is -2.41. The zero-order valence-electron chi connectivity index (χ0n) is 21.0. The zero-order chi connectivity index (χ0) is 26.4. The molecule has 2 atom stereocenters. The number of carbonyl (C=O) groups is 1. The summed E-state index contributed by atoms with van der Waals surface area (Å²) in [6.07, 6.45) is 4.66. The Labute approximate surface area is 212 Å². The molecule has 1 aliphatic heterocycles. The highest BCUT2D eigenvalue weighted by Crippen LogP contribution is 2.41. The summed E-state index contributed by atoms with van der Waals surface area (Å²) in [6, 6.07) is 7.06. The lowest BCUT2D eigenvalue weighted by molar-refractivity contribution is 0.0512. The summed E-state index contributed by atoms with van der Waals surface area (Å²) >= 11 is 0. The Morgan fingerprint density at radius 3 is 2.43 bits per heavy atom. The van der Waals surface area contributed by atoms with Gasteiger partial charge in [0.1, 0.15) is 12.7 Å². The Kier molecular flexibility index (Phi) is 6.35. The highest BCUT2D eigenvalue weighted by Gasteiger charge is 2.40. The maximum absolute atomic E-state index is 14.2. The van der Waals surface area contributed by atoms with Crippen LogP contribution in [0.5, 0.6) is 0 Å². The van der Waals surface area contributed by atoms with Crippen molar-refractivity contribution in [3.63, 3.8) is 0 Å². The van der Waals surface area contributed by atoms with Crippen molar-refractivity contribution in [3.8, 4) is 16.9 Å². The van der Waals surface area contributed by atoms with Gasteiger partial charge in [-0.25, -0.2) is 22.8 Å². The maximum atomic E-state index is 14.2. The molecule has 10 heteroatoms. The Morgan fingerprint density at radius 1 is 1.08 bits per heavy atom. The van der Waals surface area contributed by atoms with E-state index in [4.69, 9.17) is 5.10 Å². The number of benzene rings is 2. The Bertz CT molecular complexity index is 1460. The maximum Gasteiger partial charge on any atom is 0.256 e. The molecule has 37 heavy (non-hydrogen) atoms. The van der Waals surface area contributed by atoms with Gasteiger partial charge in [0.15, 0.2) is 17.5 Å². The molecule has 2 aromatic carbocycles. The number of fused-ring (bicyclic) bond motifs is 1. The summed E-state index contributed by atoms with van der Waals surface area (Å²) in [6.45, 7) is 5.91. The third-order valence-corrected chi connectivity index (χ3v) is 7.06. The highest BCUT2D eigenvalue weighted by atomic mass is 19.2. The molecule has 1 aliphatic rings. The van der Waals surface area contributed by atoms with Crippen LogP contribution in [-0.2, 0) is 13.5 Å². The van der Waals surface area contributed by atoms with Crippen molar-refractivity contribution in [2.75, 3.05) is 0 Å². The molecule has 0 aliphatic carbocycles. The van der Waals surface area contributed by atoms with Crippen molar-refractivity contribution >= 4 is 5.91 Å². The van der Waals surface area contributed by atoms with Gasteiger partial charge in [0.25, 0.3) is 5.91 Å². The van der Waals surface area contributed by atoms with Crippen molar-refractivity contribution in [1.29, 1.82) is 0 Å². The molecule has 2 unspecified atom stereocenters. The molecule has 1 amide bonds. The van der Waals surface area contributed by atoms with Gasteiger partial charge in [0.05, 0.1) is 28.7 Å². The minimum absolute atomic E-state index is 0.148. The molecular weight excluding hydrogens is 481 g/mol. The van der Waals surface area contributed by atoms with Crippen molar-refractivity contribution in [2.24, 2.45) is 7.05 Å². The predicted molar refractivity (Wildman–Crippen MR) is 132 cm³/mol. The summed E-state index contributed by atoms with van der Waals surface area (Å²) < 4.78 is 45.0. The number of amides is 1. The summed E-state index contributed by atoms with van der Waals surface area (Å²) in [5, 5.41) is 8.92. The second-order valence-electron chi connectivity index (χ2n) is 9.35. The second-order valence-corrected chi connectivity index (χ2v) is 9.35. The molecule has 0 saturated carbocycles. The van der Waals surface area contributed by atoms with Gasteiger partial charge in [-0.05, 0) is 50.5 Å². The topological polar surface area (TPSA) is 68.8 Å². The summed E-state index contributed by atoms with van der Waals surface area (Å²) in [4.78, 5) is 20.1. The molecule has 192 valence electrons. The van der Waals surface area contributed by atoms with Crippen molar-refractivity contribution in [2.45, 2.75) is 52.1 Å². The van der Waals surface area contributed by atoms with E-state index in [1.165, 1.54) is 6.33 Å². The number of hydrogen-bond acceptors (Lipinski definition) is 4. The average molecular weight is 509 g/mol. The third-order valence-electron chi connectivity index (χ3n) is 7.06. The molecule has 0 radical (unpaired) electrons. The Morgan fingerprint density at radius 2 is 1.81 bits per heavy atom. The molecule has 0 N–H and O–H groups in total. The normalized spacial score (nSPS) is 17.2. The summed E-state index contributed by atoms with van der Waals surface area (Å²) in [7, 11) is 1.69. The van der Waals surface area contributed by atoms with Crippen LogP contribution < -0.4 is 0 Å². The monoisotopic (exact) mass is 508 g/mol. The first-order chi connectivity index (χ1) is 17.7. The molecule has 0 fully saturated rings. The molecule has 2 aromatic heterocycles. The quantitative estimate of drug-likeness (QED) is 0.342. The van der Waals surface area contributed by atoms with Gasteiger partial charge in [-0.15, -0.1) is 0 Å². The molecule has 0 bridgehead atoms. The van der Waals surface area contributed by atoms with Crippen LogP contribution in [0.25, 0.3) is 16.9 Å². The fraction of sp³-hybridized carbons (Fsp3) is 0.333. The van der Waals surface area contributed by atoms with E-state index in [9.17, 15) is 18.0 Å². The molecule has 4 aromatic rings. The number of aromatic nitrogens is 5. The molecule has 5 rings (SSSR count). The summed E-state index contributed by atoms with van der Waals surface area (Å²) in [5.41, 5.74) is 4.30. The van der Waals surface area contributed by atoms with Crippen LogP contribution in [0.1, 0.15) is 59.9 Å². The van der Waals surface area contributed by atoms with Gasteiger partial charge >= 0.3 is 0 Å². The van der Waals surface area contributed by atoms with E-state index in [0.717, 1.165) is 23.3 Å². The van der Waals surface area contributed by atoms with Crippen LogP contribution in [0.15, 0.2) is 43.0 Å². The minimum Gasteiger partial charge on any atom is -0.327 e. The molecular formula is C27H27F3N6O. The van der Waals surface area contributed by atoms with Gasteiger partial charge in [0.2, 0.25) is 0 Å². The fourth-order valence-electron chi connectivity index (χ4n) is 5.36. The van der Waals surface area contributed by atoms with E-state index in [-0.39, 0.29) is 23.6 Å². The first-order valence-electron chi connectivity index (χ1n) is 12.2. The van der Waals surface area contributed by atoms with Gasteiger partial charge < -0.3 is 4.90 Å². The van der Waals surface area contributed by atoms with Crippen LogP contribution in [0.4, 0.5) is 13.2 Å². The smallest absolute Gasteiger partial charge is 0.256 e. The van der Waals surface area contributed by atoms with Crippen molar-refractivity contribution in [1.82, 2.24) is 29.4 Å². The molecule has 0 saturated heterocycles. The standard InChI is InChI=1S/C27H27F3N6O/c1-5-17-12-19-25(33-34(4)26(19)16-10-20(28)24(30)21(29)11-16)22(6-2)36(17)27(37)18-9-15(3)7-8-23(18)35-14-31-13-32-35/h7-11,13-14,17,22H,5-6,12H2,1-4H3. The van der Waals surface area contributed by atoms with Crippen molar-refractivity contribution < 1.29 is 18.0 Å². The first-order valence-corrected chi connectivity index (χ1v) is 12.2. The average Bonchev–Trinajstić information content (AvgIpc) is 3.52. The highest BCUT2D eigenvalue weighted by molar-refractivity contribution is 5.98. The van der Waals surface area contributed by atoms with Crippen LogP contribution >= 0.6 is 0 Å². The number of carbonyl (C=O) groups excluding carboxylic acids is 1. The van der Waals surface area contributed by atoms with Crippen LogP contribution in [-0.4, -0.2) is 41.4 Å². The predicted octanol–water partition coefficient (Wildman–Crippen LogP) is 5.32. The van der Waals surface area contributed by atoms with E-state index in [1.54, 1.807) is 22.7 Å². The Balaban J connectivity index is 1.63. The largest absolute Gasteiger partial charge is 0.327 e. The number of hydrogen-bond donors (Lipinski definition) is 0. The van der Waals surface area contributed by atoms with Gasteiger partial charge in [-0.2, -0.15) is 10.2 Å². The van der Waals surface area contributed by atoms with Crippen LogP contribution in [0.3, 0.4) is 0 Å². The summed E-state index contributed by atoms with van der Waals surface area (Å²) in [5.74, 6) is -4.16. The van der Waals surface area contributed by atoms with Crippen molar-refractivity contribution in [3.05, 3.63) is 82.8 Å².